The lowest BCUT2D eigenvalue weighted by Crippen LogP contribution is -2.67. The number of esters is 2. The second-order valence-corrected chi connectivity index (χ2v) is 6.28. The van der Waals surface area contributed by atoms with E-state index in [1.807, 2.05) is 0 Å². The summed E-state index contributed by atoms with van der Waals surface area (Å²) in [7, 11) is 0. The Balaban J connectivity index is 3.41. The second-order valence-electron chi connectivity index (χ2n) is 6.28. The van der Waals surface area contributed by atoms with Crippen molar-refractivity contribution in [3.63, 3.8) is 0 Å². The summed E-state index contributed by atoms with van der Waals surface area (Å²) in [5.41, 5.74) is -9.59. The highest BCUT2D eigenvalue weighted by Gasteiger charge is 2.90. The molecule has 1 unspecified atom stereocenters. The van der Waals surface area contributed by atoms with Gasteiger partial charge >= 0.3 is 36.4 Å². The third-order valence-electron chi connectivity index (χ3n) is 3.59. The molecule has 6 nitrogen and oxygen atoms in total. The summed E-state index contributed by atoms with van der Waals surface area (Å²) in [6.07, 6.45) is -19.2. The molecule has 1 heterocycles. The molecule has 0 spiro atoms. The van der Waals surface area contributed by atoms with Crippen LogP contribution in [0.5, 0.6) is 0 Å². The van der Waals surface area contributed by atoms with Gasteiger partial charge in [-0.3, -0.25) is 4.74 Å². The zero-order valence-electron chi connectivity index (χ0n) is 14.8. The van der Waals surface area contributed by atoms with E-state index in [9.17, 15) is 49.1 Å². The predicted octanol–water partition coefficient (Wildman–Crippen LogP) is 3.55. The predicted molar refractivity (Wildman–Crippen MR) is 71.7 cm³/mol. The van der Waals surface area contributed by atoms with Gasteiger partial charge in [-0.2, -0.15) is 39.5 Å². The Morgan fingerprint density at radius 2 is 1.34 bits per heavy atom. The van der Waals surface area contributed by atoms with E-state index in [1.54, 1.807) is 0 Å². The number of hydrogen-bond donors (Lipinski definition) is 0. The van der Waals surface area contributed by atoms with Crippen molar-refractivity contribution in [2.45, 2.75) is 56.5 Å². The fraction of sp³-hybridized carbons (Fsp3) is 0.714. The van der Waals surface area contributed by atoms with E-state index in [-0.39, 0.29) is 19.4 Å². The van der Waals surface area contributed by atoms with Crippen molar-refractivity contribution in [2.24, 2.45) is 0 Å². The van der Waals surface area contributed by atoms with Gasteiger partial charge in [0, 0.05) is 5.57 Å². The number of carbonyl (C=O) groups excluding carboxylic acids is 2. The van der Waals surface area contributed by atoms with E-state index < -0.39 is 54.2 Å². The van der Waals surface area contributed by atoms with E-state index in [4.69, 9.17) is 0 Å². The minimum atomic E-state index is -6.47. The Kier molecular flexibility index (Phi) is 6.07. The van der Waals surface area contributed by atoms with Crippen LogP contribution in [0.25, 0.3) is 0 Å². The van der Waals surface area contributed by atoms with Crippen LogP contribution in [-0.2, 0) is 28.5 Å². The average Bonchev–Trinajstić information content (AvgIpc) is 2.72. The highest BCUT2D eigenvalue weighted by Crippen LogP contribution is 2.62. The number of ether oxygens (including phenoxy) is 4. The van der Waals surface area contributed by atoms with Crippen LogP contribution in [0, 0.1) is 0 Å². The van der Waals surface area contributed by atoms with Gasteiger partial charge in [0.2, 0.25) is 0 Å². The third kappa shape index (κ3) is 4.15. The Labute approximate surface area is 156 Å². The van der Waals surface area contributed by atoms with Crippen molar-refractivity contribution in [3.05, 3.63) is 12.2 Å². The molecule has 0 N–H and O–H groups in total. The summed E-state index contributed by atoms with van der Waals surface area (Å²) in [4.78, 5) is 22.7. The molecule has 0 radical (unpaired) electrons. The lowest BCUT2D eigenvalue weighted by Gasteiger charge is -2.39. The molecule has 0 aromatic rings. The van der Waals surface area contributed by atoms with Crippen LogP contribution in [0.15, 0.2) is 12.2 Å². The normalized spacial score (nSPS) is 24.1. The molecule has 0 bridgehead atoms. The maximum atomic E-state index is 13.4. The molecule has 1 fully saturated rings. The van der Waals surface area contributed by atoms with Gasteiger partial charge in [0.05, 0.1) is 0 Å². The number of alkyl halides is 9. The minimum Gasteiger partial charge on any atom is -0.450 e. The van der Waals surface area contributed by atoms with E-state index in [1.165, 1.54) is 0 Å². The van der Waals surface area contributed by atoms with Gasteiger partial charge in [-0.25, -0.2) is 9.59 Å². The molecule has 29 heavy (non-hydrogen) atoms. The maximum absolute atomic E-state index is 13.4. The molecule has 1 aliphatic heterocycles. The van der Waals surface area contributed by atoms with E-state index in [0.29, 0.717) is 0 Å². The highest BCUT2D eigenvalue weighted by atomic mass is 19.4. The quantitative estimate of drug-likeness (QED) is 0.372. The largest absolute Gasteiger partial charge is 0.486 e. The lowest BCUT2D eigenvalue weighted by molar-refractivity contribution is -0.473. The molecule has 15 heteroatoms. The Bertz CT molecular complexity index is 677. The number of carbonyl (C=O) groups is 2. The molecule has 1 aliphatic rings. The van der Waals surface area contributed by atoms with Crippen LogP contribution >= 0.6 is 0 Å². The van der Waals surface area contributed by atoms with Crippen molar-refractivity contribution < 1.29 is 68.1 Å². The Hall–Kier alpha value is -2.03. The monoisotopic (exact) mass is 448 g/mol. The SMILES string of the molecule is C=C(C)C(=O)OCC(=O)OC1(C(F)(F)F)OC(C)(C)C(C(F)(F)F)(C(F)(F)F)O1. The van der Waals surface area contributed by atoms with Crippen LogP contribution in [0.2, 0.25) is 0 Å². The van der Waals surface area contributed by atoms with Crippen molar-refractivity contribution in [3.8, 4) is 0 Å². The first-order valence-electron chi connectivity index (χ1n) is 7.28. The molecular formula is C14H13F9O6. The summed E-state index contributed by atoms with van der Waals surface area (Å²) in [6.45, 7) is 2.60. The van der Waals surface area contributed by atoms with Crippen molar-refractivity contribution >= 4 is 11.9 Å². The van der Waals surface area contributed by atoms with E-state index in [2.05, 4.69) is 25.5 Å². The van der Waals surface area contributed by atoms with E-state index in [0.717, 1.165) is 6.92 Å². The molecule has 1 rings (SSSR count). The van der Waals surface area contributed by atoms with Gasteiger partial charge in [-0.05, 0) is 20.8 Å². The van der Waals surface area contributed by atoms with Gasteiger partial charge in [-0.1, -0.05) is 6.58 Å². The molecule has 0 aromatic carbocycles. The molecule has 0 aromatic heterocycles. The Morgan fingerprint density at radius 1 is 0.897 bits per heavy atom. The van der Waals surface area contributed by atoms with Crippen LogP contribution in [-0.4, -0.2) is 54.2 Å². The van der Waals surface area contributed by atoms with Crippen molar-refractivity contribution in [1.29, 1.82) is 0 Å². The minimum absolute atomic E-state index is 0.0242. The van der Waals surface area contributed by atoms with Crippen molar-refractivity contribution in [2.75, 3.05) is 6.61 Å². The molecule has 0 aliphatic carbocycles. The fourth-order valence-electron chi connectivity index (χ4n) is 2.35. The lowest BCUT2D eigenvalue weighted by atomic mass is 9.84. The van der Waals surface area contributed by atoms with Crippen LogP contribution < -0.4 is 0 Å². The molecule has 1 saturated heterocycles. The van der Waals surface area contributed by atoms with Gasteiger partial charge in [-0.15, -0.1) is 0 Å². The molecule has 1 atom stereocenters. The third-order valence-corrected chi connectivity index (χ3v) is 3.59. The molecule has 0 amide bonds. The topological polar surface area (TPSA) is 71.1 Å². The van der Waals surface area contributed by atoms with Crippen molar-refractivity contribution in [1.82, 2.24) is 0 Å². The second kappa shape index (κ2) is 7.04. The molecule has 168 valence electrons. The number of halogens is 9. The average molecular weight is 448 g/mol. The summed E-state index contributed by atoms with van der Waals surface area (Å²) < 4.78 is 135. The molecular weight excluding hydrogens is 435 g/mol. The van der Waals surface area contributed by atoms with Gasteiger partial charge in [0.15, 0.2) is 6.61 Å². The van der Waals surface area contributed by atoms with Crippen LogP contribution in [0.1, 0.15) is 20.8 Å². The first-order valence-corrected chi connectivity index (χ1v) is 7.28. The van der Waals surface area contributed by atoms with Crippen LogP contribution in [0.3, 0.4) is 0 Å². The Morgan fingerprint density at radius 3 is 1.66 bits per heavy atom. The van der Waals surface area contributed by atoms with Crippen LogP contribution in [0.4, 0.5) is 39.5 Å². The molecule has 0 saturated carbocycles. The van der Waals surface area contributed by atoms with E-state index >= 15 is 0 Å². The van der Waals surface area contributed by atoms with Gasteiger partial charge in [0.25, 0.3) is 5.60 Å². The first-order chi connectivity index (χ1) is 12.6. The number of hydrogen-bond acceptors (Lipinski definition) is 6. The summed E-state index contributed by atoms with van der Waals surface area (Å²) >= 11 is 0. The first kappa shape index (κ1) is 25.0. The smallest absolute Gasteiger partial charge is 0.450 e. The van der Waals surface area contributed by atoms with Gasteiger partial charge in [0.1, 0.15) is 5.60 Å². The summed E-state index contributed by atoms with van der Waals surface area (Å²) in [5.74, 6) is -8.58. The standard InChI is InChI=1S/C14H13F9O6/c1-6(2)8(25)26-5-7(24)27-14(13(21,22)23)28-9(3,4)10(29-14,11(15,16)17)12(18,19)20/h1,5H2,2-4H3. The maximum Gasteiger partial charge on any atom is 0.486 e. The number of rotatable bonds is 4. The zero-order chi connectivity index (χ0) is 23.3. The zero-order valence-corrected chi connectivity index (χ0v) is 14.8. The fourth-order valence-corrected chi connectivity index (χ4v) is 2.35. The van der Waals surface area contributed by atoms with Gasteiger partial charge < -0.3 is 14.2 Å². The summed E-state index contributed by atoms with van der Waals surface area (Å²) in [5, 5.41) is 0. The summed E-state index contributed by atoms with van der Waals surface area (Å²) in [6, 6.07) is 0. The highest BCUT2D eigenvalue weighted by molar-refractivity contribution is 5.88.